The predicted molar refractivity (Wildman–Crippen MR) is 98.0 cm³/mol. The van der Waals surface area contributed by atoms with E-state index in [4.69, 9.17) is 0 Å². The summed E-state index contributed by atoms with van der Waals surface area (Å²) in [5.41, 5.74) is 2.28. The average Bonchev–Trinajstić information content (AvgIpc) is 2.63. The maximum absolute atomic E-state index is 12.5. The lowest BCUT2D eigenvalue weighted by atomic mass is 9.92. The van der Waals surface area contributed by atoms with Crippen LogP contribution in [0.4, 0.5) is 0 Å². The van der Waals surface area contributed by atoms with Crippen LogP contribution in [0, 0.1) is 0 Å². The Morgan fingerprint density at radius 1 is 0.958 bits per heavy atom. The maximum Gasteiger partial charge on any atom is 0.227 e. The third kappa shape index (κ3) is 5.20. The van der Waals surface area contributed by atoms with Crippen LogP contribution in [0.25, 0.3) is 0 Å². The first-order valence-corrected chi connectivity index (χ1v) is 8.74. The number of nitrogens with one attached hydrogen (secondary N) is 1. The van der Waals surface area contributed by atoms with Gasteiger partial charge in [-0.2, -0.15) is 0 Å². The van der Waals surface area contributed by atoms with Gasteiger partial charge >= 0.3 is 0 Å². The molecule has 0 aliphatic carbocycles. The van der Waals surface area contributed by atoms with E-state index in [1.165, 1.54) is 5.56 Å². The first-order valence-electron chi connectivity index (χ1n) is 8.74. The second kappa shape index (κ2) is 9.89. The number of carbonyl (C=O) groups excluding carboxylic acids is 1. The van der Waals surface area contributed by atoms with Crippen molar-refractivity contribution in [3.63, 3.8) is 0 Å². The molecule has 0 spiro atoms. The second-order valence-corrected chi connectivity index (χ2v) is 6.07. The van der Waals surface area contributed by atoms with Crippen LogP contribution < -0.4 is 5.32 Å². The van der Waals surface area contributed by atoms with Gasteiger partial charge in [0.05, 0.1) is 5.92 Å². The molecule has 0 saturated carbocycles. The molecule has 0 radical (unpaired) electrons. The van der Waals surface area contributed by atoms with Crippen LogP contribution >= 0.6 is 0 Å². The van der Waals surface area contributed by atoms with E-state index < -0.39 is 0 Å². The lowest BCUT2D eigenvalue weighted by molar-refractivity contribution is -0.122. The van der Waals surface area contributed by atoms with Crippen LogP contribution in [-0.2, 0) is 4.79 Å². The predicted octanol–water partition coefficient (Wildman–Crippen LogP) is 3.85. The van der Waals surface area contributed by atoms with Crippen molar-refractivity contribution in [3.05, 3.63) is 71.8 Å². The van der Waals surface area contributed by atoms with Crippen molar-refractivity contribution >= 4 is 5.91 Å². The molecule has 1 amide bonds. The third-order valence-corrected chi connectivity index (χ3v) is 4.47. The highest BCUT2D eigenvalue weighted by atomic mass is 16.3. The van der Waals surface area contributed by atoms with Crippen molar-refractivity contribution in [2.24, 2.45) is 0 Å². The van der Waals surface area contributed by atoms with Gasteiger partial charge in [0.25, 0.3) is 0 Å². The Labute approximate surface area is 144 Å². The Bertz CT molecular complexity index is 598. The number of benzene rings is 2. The molecule has 24 heavy (non-hydrogen) atoms. The number of aliphatic hydroxyl groups is 1. The maximum atomic E-state index is 12.5. The summed E-state index contributed by atoms with van der Waals surface area (Å²) in [4.78, 5) is 12.5. The first-order chi connectivity index (χ1) is 11.8. The summed E-state index contributed by atoms with van der Waals surface area (Å²) >= 11 is 0. The van der Waals surface area contributed by atoms with Gasteiger partial charge in [-0.3, -0.25) is 4.79 Å². The minimum Gasteiger partial charge on any atom is -0.396 e. The van der Waals surface area contributed by atoms with E-state index in [0.717, 1.165) is 24.8 Å². The number of hydrogen-bond acceptors (Lipinski definition) is 2. The van der Waals surface area contributed by atoms with Crippen molar-refractivity contribution < 1.29 is 9.90 Å². The van der Waals surface area contributed by atoms with Gasteiger partial charge in [-0.05, 0) is 36.3 Å². The molecule has 0 bridgehead atoms. The van der Waals surface area contributed by atoms with Crippen LogP contribution in [-0.4, -0.2) is 24.2 Å². The standard InChI is InChI=1S/C21H27NO2/c1-2-20(19-11-7-4-8-12-19)21(24)22-15-13-18(14-16-23)17-9-5-3-6-10-17/h3-12,18,20,23H,2,13-16H2,1H3,(H,22,24)/t18-,20+/m0/s1. The van der Waals surface area contributed by atoms with Gasteiger partial charge in [0.15, 0.2) is 0 Å². The van der Waals surface area contributed by atoms with Gasteiger partial charge in [0.2, 0.25) is 5.91 Å². The summed E-state index contributed by atoms with van der Waals surface area (Å²) in [5, 5.41) is 12.4. The van der Waals surface area contributed by atoms with Gasteiger partial charge in [-0.25, -0.2) is 0 Å². The van der Waals surface area contributed by atoms with E-state index in [1.54, 1.807) is 0 Å². The Morgan fingerprint density at radius 3 is 2.08 bits per heavy atom. The Morgan fingerprint density at radius 2 is 1.54 bits per heavy atom. The van der Waals surface area contributed by atoms with E-state index in [1.807, 2.05) is 55.5 Å². The first kappa shape index (κ1) is 18.2. The van der Waals surface area contributed by atoms with Crippen LogP contribution in [0.5, 0.6) is 0 Å². The fraction of sp³-hybridized carbons (Fsp3) is 0.381. The number of aliphatic hydroxyl groups excluding tert-OH is 1. The average molecular weight is 325 g/mol. The van der Waals surface area contributed by atoms with Crippen LogP contribution in [0.3, 0.4) is 0 Å². The van der Waals surface area contributed by atoms with E-state index in [-0.39, 0.29) is 24.3 Å². The zero-order valence-electron chi connectivity index (χ0n) is 14.3. The minimum absolute atomic E-state index is 0.0829. The molecule has 128 valence electrons. The molecule has 0 unspecified atom stereocenters. The SMILES string of the molecule is CC[C@@H](C(=O)NCC[C@@H](CCO)c1ccccc1)c1ccccc1. The normalized spacial score (nSPS) is 13.2. The fourth-order valence-electron chi connectivity index (χ4n) is 3.11. The van der Waals surface area contributed by atoms with Crippen molar-refractivity contribution in [1.82, 2.24) is 5.32 Å². The van der Waals surface area contributed by atoms with Gasteiger partial charge in [0, 0.05) is 13.2 Å². The summed E-state index contributed by atoms with van der Waals surface area (Å²) in [6.45, 7) is 2.83. The molecule has 3 heteroatoms. The second-order valence-electron chi connectivity index (χ2n) is 6.07. The Balaban J connectivity index is 1.90. The zero-order chi connectivity index (χ0) is 17.2. The monoisotopic (exact) mass is 325 g/mol. The summed E-state index contributed by atoms with van der Waals surface area (Å²) in [5.74, 6) is 0.257. The summed E-state index contributed by atoms with van der Waals surface area (Å²) < 4.78 is 0. The molecule has 2 aromatic carbocycles. The molecule has 2 atom stereocenters. The van der Waals surface area contributed by atoms with Gasteiger partial charge in [0.1, 0.15) is 0 Å². The molecule has 0 saturated heterocycles. The van der Waals surface area contributed by atoms with Crippen LogP contribution in [0.2, 0.25) is 0 Å². The van der Waals surface area contributed by atoms with Gasteiger partial charge < -0.3 is 10.4 Å². The fourth-order valence-corrected chi connectivity index (χ4v) is 3.11. The number of rotatable bonds is 9. The van der Waals surface area contributed by atoms with Gasteiger partial charge in [-0.15, -0.1) is 0 Å². The Hall–Kier alpha value is -2.13. The highest BCUT2D eigenvalue weighted by Gasteiger charge is 2.18. The van der Waals surface area contributed by atoms with Crippen molar-refractivity contribution in [2.45, 2.75) is 38.0 Å². The van der Waals surface area contributed by atoms with E-state index in [0.29, 0.717) is 6.54 Å². The van der Waals surface area contributed by atoms with E-state index in [9.17, 15) is 9.90 Å². The van der Waals surface area contributed by atoms with Crippen LogP contribution in [0.15, 0.2) is 60.7 Å². The molecule has 0 aliphatic rings. The molecule has 0 aromatic heterocycles. The zero-order valence-corrected chi connectivity index (χ0v) is 14.3. The van der Waals surface area contributed by atoms with Crippen molar-refractivity contribution in [2.75, 3.05) is 13.2 Å². The molecule has 0 fully saturated rings. The lowest BCUT2D eigenvalue weighted by Crippen LogP contribution is -2.30. The smallest absolute Gasteiger partial charge is 0.227 e. The number of hydrogen-bond donors (Lipinski definition) is 2. The lowest BCUT2D eigenvalue weighted by Gasteiger charge is -2.19. The van der Waals surface area contributed by atoms with Gasteiger partial charge in [-0.1, -0.05) is 67.6 Å². The molecule has 2 rings (SSSR count). The summed E-state index contributed by atoms with van der Waals surface area (Å²) in [6, 6.07) is 20.1. The van der Waals surface area contributed by atoms with E-state index in [2.05, 4.69) is 17.4 Å². The number of amides is 1. The highest BCUT2D eigenvalue weighted by Crippen LogP contribution is 2.23. The molecular formula is C21H27NO2. The van der Waals surface area contributed by atoms with Crippen LogP contribution in [0.1, 0.15) is 49.1 Å². The quantitative estimate of drug-likeness (QED) is 0.735. The summed E-state index contributed by atoms with van der Waals surface area (Å²) in [7, 11) is 0. The molecule has 0 heterocycles. The molecule has 0 aliphatic heterocycles. The largest absolute Gasteiger partial charge is 0.396 e. The topological polar surface area (TPSA) is 49.3 Å². The highest BCUT2D eigenvalue weighted by molar-refractivity contribution is 5.83. The molecular weight excluding hydrogens is 298 g/mol. The summed E-state index contributed by atoms with van der Waals surface area (Å²) in [6.07, 6.45) is 2.34. The Kier molecular flexibility index (Phi) is 7.50. The molecule has 2 aromatic rings. The van der Waals surface area contributed by atoms with Crippen molar-refractivity contribution in [1.29, 1.82) is 0 Å². The third-order valence-electron chi connectivity index (χ3n) is 4.47. The minimum atomic E-state index is -0.0979. The number of carbonyl (C=O) groups is 1. The molecule has 3 nitrogen and oxygen atoms in total. The molecule has 2 N–H and O–H groups in total. The van der Waals surface area contributed by atoms with E-state index >= 15 is 0 Å². The van der Waals surface area contributed by atoms with Crippen molar-refractivity contribution in [3.8, 4) is 0 Å².